The molecule has 3 atom stereocenters. The number of nitrogens with two attached hydrogens (primary N) is 1. The van der Waals surface area contributed by atoms with Crippen LogP contribution in [0.4, 0.5) is 5.69 Å². The van der Waals surface area contributed by atoms with Gasteiger partial charge in [-0.25, -0.2) is 4.79 Å². The number of hydrogen-bond acceptors (Lipinski definition) is 4. The van der Waals surface area contributed by atoms with Crippen LogP contribution in [-0.2, 0) is 9.53 Å². The normalized spacial score (nSPS) is 30.8. The maximum Gasteiger partial charge on any atom is 0.332 e. The number of nitrogens with zero attached hydrogens (tertiary/aromatic N) is 1. The third-order valence-electron chi connectivity index (χ3n) is 5.76. The third-order valence-corrected chi connectivity index (χ3v) is 5.76. The third kappa shape index (κ3) is 2.83. The Morgan fingerprint density at radius 1 is 1.23 bits per heavy atom. The number of carbonyl (C=O) groups excluding carboxylic acids is 1. The van der Waals surface area contributed by atoms with Gasteiger partial charge in [0, 0.05) is 34.5 Å². The van der Waals surface area contributed by atoms with E-state index in [1.165, 1.54) is 12.8 Å². The molecule has 1 aromatic carbocycles. The summed E-state index contributed by atoms with van der Waals surface area (Å²) in [5.41, 5.74) is 8.57. The summed E-state index contributed by atoms with van der Waals surface area (Å²) in [6, 6.07) is 7.99. The zero-order valence-corrected chi connectivity index (χ0v) is 15.3. The standard InChI is InChI=1S/C22H24N2O2/c1-15-13-17(9-6-16-7-10-18(23)11-8-16)19-14-21(25)26-22(19,2)20-5-3-4-12-24(15)20/h7-8,10-11,13-15,20H,3-5,12,23H2,1-2H3/t15-,20?,22-/m0/s1. The van der Waals surface area contributed by atoms with Crippen LogP contribution in [0.3, 0.4) is 0 Å². The second kappa shape index (κ2) is 6.34. The monoisotopic (exact) mass is 348 g/mol. The van der Waals surface area contributed by atoms with Crippen molar-refractivity contribution in [2.75, 3.05) is 12.3 Å². The fourth-order valence-corrected chi connectivity index (χ4v) is 4.42. The molecule has 2 N–H and O–H groups in total. The smallest absolute Gasteiger partial charge is 0.332 e. The summed E-state index contributed by atoms with van der Waals surface area (Å²) in [6.45, 7) is 5.28. The molecule has 1 fully saturated rings. The molecule has 0 aliphatic carbocycles. The molecule has 0 amide bonds. The molecule has 3 aliphatic heterocycles. The summed E-state index contributed by atoms with van der Waals surface area (Å²) in [5, 5.41) is 0. The summed E-state index contributed by atoms with van der Waals surface area (Å²) in [4.78, 5) is 14.6. The van der Waals surface area contributed by atoms with E-state index >= 15 is 0 Å². The Bertz CT molecular complexity index is 856. The minimum absolute atomic E-state index is 0.205. The highest BCUT2D eigenvalue weighted by molar-refractivity contribution is 5.89. The molecule has 4 nitrogen and oxygen atoms in total. The zero-order valence-electron chi connectivity index (χ0n) is 15.3. The van der Waals surface area contributed by atoms with Gasteiger partial charge in [-0.15, -0.1) is 0 Å². The van der Waals surface area contributed by atoms with Crippen molar-refractivity contribution in [1.82, 2.24) is 4.90 Å². The quantitative estimate of drug-likeness (QED) is 0.445. The lowest BCUT2D eigenvalue weighted by Crippen LogP contribution is -2.55. The number of ether oxygens (including phenoxy) is 1. The van der Waals surface area contributed by atoms with E-state index in [1.54, 1.807) is 6.08 Å². The Labute approximate surface area is 154 Å². The van der Waals surface area contributed by atoms with Crippen molar-refractivity contribution in [1.29, 1.82) is 0 Å². The molecule has 3 aliphatic rings. The molecule has 0 saturated carbocycles. The summed E-state index contributed by atoms with van der Waals surface area (Å²) in [7, 11) is 0. The lowest BCUT2D eigenvalue weighted by atomic mass is 9.81. The first-order chi connectivity index (χ1) is 12.5. The number of benzene rings is 1. The van der Waals surface area contributed by atoms with Crippen LogP contribution in [-0.4, -0.2) is 35.1 Å². The molecule has 4 rings (SSSR count). The second-order valence-corrected chi connectivity index (χ2v) is 7.53. The SMILES string of the molecule is C[C@H]1C=C(C#Cc2ccc(N)cc2)C2=CC(=O)O[C@]2(C)C2CCCCN21. The van der Waals surface area contributed by atoms with Gasteiger partial charge in [0.1, 0.15) is 0 Å². The number of hydrogen-bond donors (Lipinski definition) is 1. The van der Waals surface area contributed by atoms with Crippen LogP contribution in [0.1, 0.15) is 38.7 Å². The van der Waals surface area contributed by atoms with E-state index in [0.29, 0.717) is 0 Å². The van der Waals surface area contributed by atoms with E-state index in [9.17, 15) is 4.79 Å². The Balaban J connectivity index is 1.77. The van der Waals surface area contributed by atoms with Gasteiger partial charge in [-0.3, -0.25) is 4.90 Å². The highest BCUT2D eigenvalue weighted by Crippen LogP contribution is 2.44. The van der Waals surface area contributed by atoms with Crippen LogP contribution in [0.15, 0.2) is 47.6 Å². The van der Waals surface area contributed by atoms with Crippen LogP contribution in [0.5, 0.6) is 0 Å². The average molecular weight is 348 g/mol. The van der Waals surface area contributed by atoms with Crippen LogP contribution < -0.4 is 5.73 Å². The van der Waals surface area contributed by atoms with Crippen LogP contribution >= 0.6 is 0 Å². The summed E-state index contributed by atoms with van der Waals surface area (Å²) in [6.07, 6.45) is 7.21. The minimum atomic E-state index is -0.621. The van der Waals surface area contributed by atoms with Crippen molar-refractivity contribution in [2.45, 2.75) is 50.8 Å². The van der Waals surface area contributed by atoms with Gasteiger partial charge < -0.3 is 10.5 Å². The van der Waals surface area contributed by atoms with Gasteiger partial charge >= 0.3 is 5.97 Å². The average Bonchev–Trinajstić information content (AvgIpc) is 2.91. The fraction of sp³-hybridized carbons (Fsp3) is 0.409. The molecular weight excluding hydrogens is 324 g/mol. The van der Waals surface area contributed by atoms with E-state index in [1.807, 2.05) is 31.2 Å². The molecule has 134 valence electrons. The molecule has 0 radical (unpaired) electrons. The maximum atomic E-state index is 12.1. The van der Waals surface area contributed by atoms with Crippen LogP contribution in [0.2, 0.25) is 0 Å². The first-order valence-corrected chi connectivity index (χ1v) is 9.28. The highest BCUT2D eigenvalue weighted by atomic mass is 16.6. The Hall–Kier alpha value is -2.51. The van der Waals surface area contributed by atoms with E-state index in [2.05, 4.69) is 29.7 Å². The number of carbonyl (C=O) groups is 1. The Morgan fingerprint density at radius 2 is 2.00 bits per heavy atom. The summed E-state index contributed by atoms with van der Waals surface area (Å²) < 4.78 is 5.85. The van der Waals surface area contributed by atoms with Gasteiger partial charge in [0.2, 0.25) is 0 Å². The topological polar surface area (TPSA) is 55.6 Å². The molecule has 1 unspecified atom stereocenters. The van der Waals surface area contributed by atoms with Gasteiger partial charge in [0.15, 0.2) is 5.60 Å². The van der Waals surface area contributed by atoms with Gasteiger partial charge in [0.05, 0.1) is 6.04 Å². The van der Waals surface area contributed by atoms with Crippen molar-refractivity contribution in [3.8, 4) is 11.8 Å². The lowest BCUT2D eigenvalue weighted by Gasteiger charge is -2.45. The number of anilines is 1. The Morgan fingerprint density at radius 3 is 2.77 bits per heavy atom. The lowest BCUT2D eigenvalue weighted by molar-refractivity contribution is -0.151. The number of piperidine rings is 1. The molecular formula is C22H24N2O2. The Kier molecular flexibility index (Phi) is 4.13. The van der Waals surface area contributed by atoms with Gasteiger partial charge in [-0.05, 0) is 57.5 Å². The van der Waals surface area contributed by atoms with E-state index < -0.39 is 5.60 Å². The minimum Gasteiger partial charge on any atom is -0.450 e. The zero-order chi connectivity index (χ0) is 18.3. The largest absolute Gasteiger partial charge is 0.450 e. The van der Waals surface area contributed by atoms with Gasteiger partial charge in [-0.1, -0.05) is 24.3 Å². The molecule has 4 heteroatoms. The molecule has 26 heavy (non-hydrogen) atoms. The molecule has 0 aromatic heterocycles. The summed E-state index contributed by atoms with van der Waals surface area (Å²) >= 11 is 0. The molecule has 0 bridgehead atoms. The highest BCUT2D eigenvalue weighted by Gasteiger charge is 2.51. The number of fused-ring (bicyclic) bond motifs is 3. The van der Waals surface area contributed by atoms with Crippen LogP contribution in [0.25, 0.3) is 0 Å². The van der Waals surface area contributed by atoms with Crippen LogP contribution in [0, 0.1) is 11.8 Å². The maximum absolute atomic E-state index is 12.1. The number of esters is 1. The van der Waals surface area contributed by atoms with Crippen molar-refractivity contribution in [3.63, 3.8) is 0 Å². The van der Waals surface area contributed by atoms with Gasteiger partial charge in [-0.2, -0.15) is 0 Å². The summed E-state index contributed by atoms with van der Waals surface area (Å²) in [5.74, 6) is 6.25. The number of rotatable bonds is 0. The first kappa shape index (κ1) is 16.9. The van der Waals surface area contributed by atoms with Crippen molar-refractivity contribution >= 4 is 11.7 Å². The molecule has 3 heterocycles. The second-order valence-electron chi connectivity index (χ2n) is 7.53. The van der Waals surface area contributed by atoms with Crippen molar-refractivity contribution < 1.29 is 9.53 Å². The van der Waals surface area contributed by atoms with E-state index in [0.717, 1.165) is 35.4 Å². The molecule has 1 saturated heterocycles. The number of nitrogen functional groups attached to an aromatic ring is 1. The van der Waals surface area contributed by atoms with E-state index in [4.69, 9.17) is 10.5 Å². The predicted octanol–water partition coefficient (Wildman–Crippen LogP) is 3.05. The van der Waals surface area contributed by atoms with Crippen molar-refractivity contribution in [2.24, 2.45) is 0 Å². The molecule has 0 spiro atoms. The van der Waals surface area contributed by atoms with Crippen molar-refractivity contribution in [3.05, 3.63) is 53.1 Å². The fourth-order valence-electron chi connectivity index (χ4n) is 4.42. The first-order valence-electron chi connectivity index (χ1n) is 9.28. The van der Waals surface area contributed by atoms with E-state index in [-0.39, 0.29) is 18.1 Å². The molecule has 1 aromatic rings. The predicted molar refractivity (Wildman–Crippen MR) is 102 cm³/mol. The van der Waals surface area contributed by atoms with Gasteiger partial charge in [0.25, 0.3) is 0 Å².